The highest BCUT2D eigenvalue weighted by atomic mass is 79.9. The third-order valence-corrected chi connectivity index (χ3v) is 4.59. The lowest BCUT2D eigenvalue weighted by atomic mass is 10.2. The summed E-state index contributed by atoms with van der Waals surface area (Å²) in [4.78, 5) is 4.68. The molecule has 0 bridgehead atoms. The molecule has 5 heteroatoms. The van der Waals surface area contributed by atoms with Crippen molar-refractivity contribution in [3.8, 4) is 17.5 Å². The van der Waals surface area contributed by atoms with E-state index < -0.39 is 0 Å². The van der Waals surface area contributed by atoms with E-state index in [1.54, 1.807) is 0 Å². The zero-order chi connectivity index (χ0) is 15.0. The van der Waals surface area contributed by atoms with Crippen LogP contribution in [0.3, 0.4) is 0 Å². The van der Waals surface area contributed by atoms with Crippen molar-refractivity contribution < 1.29 is 0 Å². The lowest BCUT2D eigenvalue weighted by molar-refractivity contribution is 0.796. The van der Waals surface area contributed by atoms with Gasteiger partial charge in [-0.2, -0.15) is 5.26 Å². The van der Waals surface area contributed by atoms with Crippen molar-refractivity contribution in [2.75, 3.05) is 0 Å². The van der Waals surface area contributed by atoms with Crippen molar-refractivity contribution in [2.24, 2.45) is 0 Å². The van der Waals surface area contributed by atoms with E-state index in [1.807, 2.05) is 36.4 Å². The van der Waals surface area contributed by atoms with Crippen LogP contribution < -0.4 is 0 Å². The van der Waals surface area contributed by atoms with Crippen LogP contribution in [0, 0.1) is 11.3 Å². The summed E-state index contributed by atoms with van der Waals surface area (Å²) in [5, 5.41) is 9.68. The third kappa shape index (κ3) is 2.44. The molecule has 21 heavy (non-hydrogen) atoms. The van der Waals surface area contributed by atoms with Crippen LogP contribution in [0.25, 0.3) is 22.4 Å². The summed E-state index contributed by atoms with van der Waals surface area (Å²) in [7, 11) is 0. The average Bonchev–Trinajstić information content (AvgIpc) is 2.87. The van der Waals surface area contributed by atoms with Gasteiger partial charge in [0.15, 0.2) is 0 Å². The second kappa shape index (κ2) is 5.51. The van der Waals surface area contributed by atoms with Gasteiger partial charge in [0, 0.05) is 16.6 Å². The molecule has 0 amide bonds. The van der Waals surface area contributed by atoms with E-state index in [1.165, 1.54) is 0 Å². The summed E-state index contributed by atoms with van der Waals surface area (Å²) in [5.74, 6) is 0.875. The van der Waals surface area contributed by atoms with Gasteiger partial charge < -0.3 is 4.57 Å². The molecule has 0 N–H and O–H groups in total. The Morgan fingerprint density at radius 2 is 2.10 bits per heavy atom. The Labute approximate surface area is 135 Å². The highest BCUT2D eigenvalue weighted by Gasteiger charge is 2.13. The van der Waals surface area contributed by atoms with Gasteiger partial charge >= 0.3 is 0 Å². The fourth-order valence-corrected chi connectivity index (χ4v) is 2.87. The molecule has 0 aliphatic carbocycles. The van der Waals surface area contributed by atoms with E-state index in [4.69, 9.17) is 16.9 Å². The SMILES string of the molecule is CCn1c(-c2ccc(Cl)c(Br)c2)nc2cc(C#N)ccc21. The maximum atomic E-state index is 9.01. The van der Waals surface area contributed by atoms with Gasteiger partial charge in [-0.25, -0.2) is 4.98 Å². The van der Waals surface area contributed by atoms with Gasteiger partial charge in [-0.05, 0) is 59.3 Å². The van der Waals surface area contributed by atoms with Crippen LogP contribution in [-0.2, 0) is 6.54 Å². The first-order valence-electron chi connectivity index (χ1n) is 6.50. The molecular formula is C16H11BrClN3. The maximum absolute atomic E-state index is 9.01. The van der Waals surface area contributed by atoms with Gasteiger partial charge in [-0.1, -0.05) is 11.6 Å². The van der Waals surface area contributed by atoms with Gasteiger partial charge in [0.25, 0.3) is 0 Å². The van der Waals surface area contributed by atoms with Crippen molar-refractivity contribution in [1.29, 1.82) is 5.26 Å². The Morgan fingerprint density at radius 1 is 1.29 bits per heavy atom. The van der Waals surface area contributed by atoms with Crippen LogP contribution in [0.2, 0.25) is 5.02 Å². The number of halogens is 2. The van der Waals surface area contributed by atoms with Crippen LogP contribution in [0.15, 0.2) is 40.9 Å². The number of nitriles is 1. The molecular weight excluding hydrogens is 350 g/mol. The molecule has 1 aromatic heterocycles. The molecule has 104 valence electrons. The molecule has 3 aromatic rings. The number of benzene rings is 2. The van der Waals surface area contributed by atoms with Gasteiger partial charge in [0.1, 0.15) is 5.82 Å². The molecule has 0 atom stereocenters. The zero-order valence-electron chi connectivity index (χ0n) is 11.3. The summed E-state index contributed by atoms with van der Waals surface area (Å²) < 4.78 is 2.97. The fourth-order valence-electron chi connectivity index (χ4n) is 2.38. The second-order valence-corrected chi connectivity index (χ2v) is 5.89. The lowest BCUT2D eigenvalue weighted by Gasteiger charge is -2.07. The molecule has 0 radical (unpaired) electrons. The predicted octanol–water partition coefficient (Wildman–Crippen LogP) is 5.01. The number of hydrogen-bond donors (Lipinski definition) is 0. The molecule has 0 spiro atoms. The molecule has 0 aliphatic rings. The number of rotatable bonds is 2. The van der Waals surface area contributed by atoms with Gasteiger partial charge in [0.05, 0.1) is 27.7 Å². The normalized spacial score (nSPS) is 10.8. The molecule has 3 nitrogen and oxygen atoms in total. The average molecular weight is 361 g/mol. The maximum Gasteiger partial charge on any atom is 0.141 e. The smallest absolute Gasteiger partial charge is 0.141 e. The van der Waals surface area contributed by atoms with E-state index in [9.17, 15) is 0 Å². The van der Waals surface area contributed by atoms with Crippen molar-refractivity contribution in [3.63, 3.8) is 0 Å². The van der Waals surface area contributed by atoms with E-state index in [-0.39, 0.29) is 0 Å². The Bertz CT molecular complexity index is 877. The van der Waals surface area contributed by atoms with E-state index in [0.29, 0.717) is 10.6 Å². The molecule has 0 unspecified atom stereocenters. The van der Waals surface area contributed by atoms with Crippen molar-refractivity contribution in [1.82, 2.24) is 9.55 Å². The zero-order valence-corrected chi connectivity index (χ0v) is 13.6. The molecule has 0 fully saturated rings. The Morgan fingerprint density at radius 3 is 2.76 bits per heavy atom. The first kappa shape index (κ1) is 14.1. The monoisotopic (exact) mass is 359 g/mol. The number of aryl methyl sites for hydroxylation is 1. The number of aromatic nitrogens is 2. The molecule has 0 saturated carbocycles. The van der Waals surface area contributed by atoms with Crippen LogP contribution >= 0.6 is 27.5 Å². The van der Waals surface area contributed by atoms with Crippen molar-refractivity contribution >= 4 is 38.6 Å². The number of imidazole rings is 1. The van der Waals surface area contributed by atoms with Gasteiger partial charge in [0.2, 0.25) is 0 Å². The molecule has 3 rings (SSSR count). The van der Waals surface area contributed by atoms with Crippen LogP contribution in [0.1, 0.15) is 12.5 Å². The number of fused-ring (bicyclic) bond motifs is 1. The summed E-state index contributed by atoms with van der Waals surface area (Å²) in [6, 6.07) is 13.5. The number of hydrogen-bond acceptors (Lipinski definition) is 2. The molecule has 2 aromatic carbocycles. The summed E-state index contributed by atoms with van der Waals surface area (Å²) in [6.07, 6.45) is 0. The predicted molar refractivity (Wildman–Crippen MR) is 88.3 cm³/mol. The Balaban J connectivity index is 2.26. The first-order valence-corrected chi connectivity index (χ1v) is 7.67. The fraction of sp³-hybridized carbons (Fsp3) is 0.125. The quantitative estimate of drug-likeness (QED) is 0.644. The van der Waals surface area contributed by atoms with Crippen molar-refractivity contribution in [2.45, 2.75) is 13.5 Å². The minimum Gasteiger partial charge on any atom is -0.324 e. The minimum atomic E-state index is 0.618. The standard InChI is InChI=1S/C16H11BrClN3/c1-2-21-15-6-3-10(9-19)7-14(15)20-16(21)11-4-5-13(18)12(17)8-11/h3-8H,2H2,1H3. The van der Waals surface area contributed by atoms with Crippen LogP contribution in [-0.4, -0.2) is 9.55 Å². The third-order valence-electron chi connectivity index (χ3n) is 3.37. The topological polar surface area (TPSA) is 41.6 Å². The van der Waals surface area contributed by atoms with Gasteiger partial charge in [-0.3, -0.25) is 0 Å². The summed E-state index contributed by atoms with van der Waals surface area (Å²) in [6.45, 7) is 2.88. The second-order valence-electron chi connectivity index (χ2n) is 4.62. The van der Waals surface area contributed by atoms with Gasteiger partial charge in [-0.15, -0.1) is 0 Å². The Kier molecular flexibility index (Phi) is 3.71. The van der Waals surface area contributed by atoms with E-state index in [0.717, 1.165) is 33.4 Å². The van der Waals surface area contributed by atoms with E-state index in [2.05, 4.69) is 38.5 Å². The number of nitrogens with zero attached hydrogens (tertiary/aromatic N) is 3. The first-order chi connectivity index (χ1) is 10.1. The summed E-state index contributed by atoms with van der Waals surface area (Å²) in [5.41, 5.74) is 3.46. The van der Waals surface area contributed by atoms with E-state index >= 15 is 0 Å². The molecule has 0 aliphatic heterocycles. The lowest BCUT2D eigenvalue weighted by Crippen LogP contribution is -1.97. The summed E-state index contributed by atoms with van der Waals surface area (Å²) >= 11 is 9.49. The van der Waals surface area contributed by atoms with Crippen LogP contribution in [0.5, 0.6) is 0 Å². The van der Waals surface area contributed by atoms with Crippen molar-refractivity contribution in [3.05, 3.63) is 51.5 Å². The molecule has 0 saturated heterocycles. The molecule has 1 heterocycles. The van der Waals surface area contributed by atoms with Crippen LogP contribution in [0.4, 0.5) is 0 Å². The largest absolute Gasteiger partial charge is 0.324 e. The highest BCUT2D eigenvalue weighted by molar-refractivity contribution is 9.10. The Hall–Kier alpha value is -1.83. The highest BCUT2D eigenvalue weighted by Crippen LogP contribution is 2.30. The minimum absolute atomic E-state index is 0.618.